The first-order valence-corrected chi connectivity index (χ1v) is 7.79. The lowest BCUT2D eigenvalue weighted by Gasteiger charge is -2.45. The van der Waals surface area contributed by atoms with Crippen LogP contribution in [0.2, 0.25) is 0 Å². The second-order valence-electron chi connectivity index (χ2n) is 6.49. The molecule has 0 aliphatic heterocycles. The highest BCUT2D eigenvalue weighted by molar-refractivity contribution is 5.13. The van der Waals surface area contributed by atoms with Gasteiger partial charge in [0.25, 0.3) is 0 Å². The van der Waals surface area contributed by atoms with Crippen molar-refractivity contribution in [2.75, 3.05) is 0 Å². The Bertz CT molecular complexity index is 314. The molecule has 2 fully saturated rings. The van der Waals surface area contributed by atoms with E-state index in [1.54, 1.807) is 0 Å². The van der Waals surface area contributed by atoms with Gasteiger partial charge < -0.3 is 5.11 Å². The summed E-state index contributed by atoms with van der Waals surface area (Å²) in [6, 6.07) is 2.54. The van der Waals surface area contributed by atoms with E-state index in [0.29, 0.717) is 0 Å². The molecule has 0 spiro atoms. The molecule has 0 aromatic carbocycles. The predicted octanol–water partition coefficient (Wildman–Crippen LogP) is 4.18. The highest BCUT2D eigenvalue weighted by Gasteiger charge is 2.51. The zero-order valence-corrected chi connectivity index (χ0v) is 11.7. The van der Waals surface area contributed by atoms with Crippen molar-refractivity contribution in [1.82, 2.24) is 0 Å². The minimum atomic E-state index is -0.702. The van der Waals surface area contributed by atoms with Gasteiger partial charge in [-0.3, -0.25) is 0 Å². The van der Waals surface area contributed by atoms with Crippen LogP contribution in [0.25, 0.3) is 0 Å². The van der Waals surface area contributed by atoms with Crippen LogP contribution >= 0.6 is 0 Å². The quantitative estimate of drug-likeness (QED) is 0.746. The van der Waals surface area contributed by atoms with Gasteiger partial charge in [0.1, 0.15) is 0 Å². The Balaban J connectivity index is 2.15. The fourth-order valence-corrected chi connectivity index (χ4v) is 4.12. The van der Waals surface area contributed by atoms with Crippen LogP contribution in [0.1, 0.15) is 77.6 Å². The minimum absolute atomic E-state index is 0.437. The number of nitrogens with zero attached hydrogens (tertiary/aromatic N) is 1. The molecule has 0 heterocycles. The second-order valence-corrected chi connectivity index (χ2v) is 6.49. The minimum Gasteiger partial charge on any atom is -0.388 e. The lowest BCUT2D eigenvalue weighted by Crippen LogP contribution is -2.48. The van der Waals surface area contributed by atoms with Gasteiger partial charge in [-0.25, -0.2) is 0 Å². The van der Waals surface area contributed by atoms with E-state index in [1.807, 2.05) is 0 Å². The molecule has 2 unspecified atom stereocenters. The van der Waals surface area contributed by atoms with Crippen molar-refractivity contribution in [1.29, 1.82) is 5.26 Å². The Morgan fingerprint density at radius 3 is 2.39 bits per heavy atom. The van der Waals surface area contributed by atoms with E-state index in [4.69, 9.17) is 0 Å². The van der Waals surface area contributed by atoms with Gasteiger partial charge in [-0.05, 0) is 38.0 Å². The van der Waals surface area contributed by atoms with Crippen LogP contribution in [0, 0.1) is 22.7 Å². The average molecular weight is 249 g/mol. The molecule has 0 radical (unpaired) electrons. The number of hydrogen-bond donors (Lipinski definition) is 1. The molecular weight excluding hydrogens is 222 g/mol. The molecule has 0 aromatic heterocycles. The van der Waals surface area contributed by atoms with Gasteiger partial charge in [0, 0.05) is 0 Å². The summed E-state index contributed by atoms with van der Waals surface area (Å²) in [6.45, 7) is 2.25. The van der Waals surface area contributed by atoms with E-state index >= 15 is 0 Å². The van der Waals surface area contributed by atoms with Crippen molar-refractivity contribution >= 4 is 0 Å². The Kier molecular flexibility index (Phi) is 4.33. The van der Waals surface area contributed by atoms with Gasteiger partial charge in [0.05, 0.1) is 17.1 Å². The highest BCUT2D eigenvalue weighted by Crippen LogP contribution is 2.50. The van der Waals surface area contributed by atoms with E-state index in [9.17, 15) is 10.4 Å². The molecule has 2 atom stereocenters. The third kappa shape index (κ3) is 2.43. The molecule has 0 aromatic rings. The average Bonchev–Trinajstić information content (AvgIpc) is 2.62. The summed E-state index contributed by atoms with van der Waals surface area (Å²) in [5.41, 5.74) is -1.14. The molecule has 2 nitrogen and oxygen atoms in total. The van der Waals surface area contributed by atoms with Gasteiger partial charge in [-0.2, -0.15) is 5.26 Å². The lowest BCUT2D eigenvalue weighted by atomic mass is 9.61. The first-order chi connectivity index (χ1) is 8.66. The highest BCUT2D eigenvalue weighted by atomic mass is 16.3. The van der Waals surface area contributed by atoms with Gasteiger partial charge in [0.15, 0.2) is 0 Å². The maximum absolute atomic E-state index is 11.1. The third-order valence-corrected chi connectivity index (χ3v) is 5.56. The Morgan fingerprint density at radius 2 is 1.78 bits per heavy atom. The Hall–Kier alpha value is -0.550. The zero-order valence-electron chi connectivity index (χ0n) is 11.7. The summed E-state index contributed by atoms with van der Waals surface area (Å²) in [7, 11) is 0. The molecule has 102 valence electrons. The van der Waals surface area contributed by atoms with Crippen molar-refractivity contribution < 1.29 is 5.11 Å². The monoisotopic (exact) mass is 249 g/mol. The fourth-order valence-electron chi connectivity index (χ4n) is 4.12. The van der Waals surface area contributed by atoms with Crippen LogP contribution < -0.4 is 0 Å². The normalized spacial score (nSPS) is 36.6. The molecule has 0 amide bonds. The number of nitriles is 1. The van der Waals surface area contributed by atoms with Crippen LogP contribution in [0.5, 0.6) is 0 Å². The molecule has 18 heavy (non-hydrogen) atoms. The van der Waals surface area contributed by atoms with Crippen LogP contribution in [0.3, 0.4) is 0 Å². The largest absolute Gasteiger partial charge is 0.388 e. The van der Waals surface area contributed by atoms with Crippen LogP contribution in [0.15, 0.2) is 0 Å². The van der Waals surface area contributed by atoms with Gasteiger partial charge in [-0.1, -0.05) is 45.4 Å². The molecule has 2 heteroatoms. The summed E-state index contributed by atoms with van der Waals surface area (Å²) >= 11 is 0. The summed E-state index contributed by atoms with van der Waals surface area (Å²) in [5, 5.41) is 20.8. The molecule has 2 aliphatic rings. The molecule has 0 saturated heterocycles. The predicted molar refractivity (Wildman–Crippen MR) is 72.9 cm³/mol. The first kappa shape index (κ1) is 13.9. The second kappa shape index (κ2) is 5.61. The molecule has 2 saturated carbocycles. The molecule has 2 aliphatic carbocycles. The van der Waals surface area contributed by atoms with Crippen LogP contribution in [-0.2, 0) is 0 Å². The van der Waals surface area contributed by atoms with Crippen molar-refractivity contribution in [2.24, 2.45) is 11.3 Å². The van der Waals surface area contributed by atoms with Crippen molar-refractivity contribution in [3.63, 3.8) is 0 Å². The lowest BCUT2D eigenvalue weighted by molar-refractivity contribution is -0.0839. The van der Waals surface area contributed by atoms with E-state index in [-0.39, 0.29) is 0 Å². The number of rotatable bonds is 2. The summed E-state index contributed by atoms with van der Waals surface area (Å²) in [5.74, 6) is 0.762. The summed E-state index contributed by atoms with van der Waals surface area (Å²) in [4.78, 5) is 0. The molecule has 2 rings (SSSR count). The van der Waals surface area contributed by atoms with Gasteiger partial charge in [0.2, 0.25) is 0 Å². The zero-order chi connectivity index (χ0) is 13.1. The summed E-state index contributed by atoms with van der Waals surface area (Å²) < 4.78 is 0. The van der Waals surface area contributed by atoms with Crippen LogP contribution in [0.4, 0.5) is 0 Å². The third-order valence-electron chi connectivity index (χ3n) is 5.56. The SMILES string of the molecule is CCC1CCCC(O)(C2(C#N)CCCCC2)CC1. The fraction of sp³-hybridized carbons (Fsp3) is 0.938. The van der Waals surface area contributed by atoms with Crippen molar-refractivity contribution in [3.05, 3.63) is 0 Å². The standard InChI is InChI=1S/C16H27NO/c1-2-14-7-6-11-16(18,12-8-14)15(13-17)9-4-3-5-10-15/h14,18H,2-12H2,1H3. The first-order valence-electron chi connectivity index (χ1n) is 7.79. The smallest absolute Gasteiger partial charge is 0.0860 e. The number of aliphatic hydroxyl groups is 1. The van der Waals surface area contributed by atoms with E-state index < -0.39 is 11.0 Å². The van der Waals surface area contributed by atoms with E-state index in [1.165, 1.54) is 19.3 Å². The van der Waals surface area contributed by atoms with E-state index in [2.05, 4.69) is 13.0 Å². The number of hydrogen-bond acceptors (Lipinski definition) is 2. The van der Waals surface area contributed by atoms with E-state index in [0.717, 1.165) is 57.3 Å². The summed E-state index contributed by atoms with van der Waals surface area (Å²) in [6.07, 6.45) is 11.6. The van der Waals surface area contributed by atoms with Gasteiger partial charge in [-0.15, -0.1) is 0 Å². The van der Waals surface area contributed by atoms with Crippen molar-refractivity contribution in [3.8, 4) is 6.07 Å². The van der Waals surface area contributed by atoms with Crippen molar-refractivity contribution in [2.45, 2.75) is 83.2 Å². The molecule has 1 N–H and O–H groups in total. The van der Waals surface area contributed by atoms with Gasteiger partial charge >= 0.3 is 0 Å². The maximum Gasteiger partial charge on any atom is 0.0860 e. The molecule has 0 bridgehead atoms. The Morgan fingerprint density at radius 1 is 1.06 bits per heavy atom. The topological polar surface area (TPSA) is 44.0 Å². The molecular formula is C16H27NO. The maximum atomic E-state index is 11.1. The van der Waals surface area contributed by atoms with Crippen LogP contribution in [-0.4, -0.2) is 10.7 Å². The Labute approximate surface area is 111 Å².